The number of nitriles is 1. The Balaban J connectivity index is 1.77. The van der Waals surface area contributed by atoms with Crippen LogP contribution in [-0.2, 0) is 9.59 Å². The lowest BCUT2D eigenvalue weighted by Gasteiger charge is -2.15. The summed E-state index contributed by atoms with van der Waals surface area (Å²) in [6.07, 6.45) is 1.49. The van der Waals surface area contributed by atoms with Crippen molar-refractivity contribution in [2.24, 2.45) is 0 Å². The first-order valence-corrected chi connectivity index (χ1v) is 12.7. The Morgan fingerprint density at radius 2 is 1.76 bits per heavy atom. The van der Waals surface area contributed by atoms with Gasteiger partial charge in [-0.1, -0.05) is 29.8 Å². The van der Waals surface area contributed by atoms with E-state index in [-0.39, 0.29) is 18.1 Å². The summed E-state index contributed by atoms with van der Waals surface area (Å²) in [5.74, 6) is 0.0213. The van der Waals surface area contributed by atoms with E-state index in [4.69, 9.17) is 9.47 Å². The molecule has 0 aliphatic heterocycles. The molecule has 2 amide bonds. The molecule has 0 saturated heterocycles. The van der Waals surface area contributed by atoms with Crippen LogP contribution in [0.4, 0.5) is 11.4 Å². The molecular weight excluding hydrogens is 581 g/mol. The van der Waals surface area contributed by atoms with E-state index in [2.05, 4.69) is 33.2 Å². The minimum atomic E-state index is -0.511. The summed E-state index contributed by atoms with van der Waals surface area (Å²) >= 11 is 2.08. The molecule has 8 heteroatoms. The standard InChI is InChI=1S/C29H28IN3O4/c1-5-36-26-15-21(13-22(16-31)29(35)32-23-11-9-18(2)10-12-23)14-24(30)28(26)37-17-27(34)33-25-8-6-7-19(3)20(25)4/h6-15H,5,17H2,1-4H3,(H,32,35)(H,33,34)/b22-13-. The van der Waals surface area contributed by atoms with Gasteiger partial charge in [-0.2, -0.15) is 5.26 Å². The largest absolute Gasteiger partial charge is 0.490 e. The molecule has 3 aromatic carbocycles. The molecule has 7 nitrogen and oxygen atoms in total. The second-order valence-corrected chi connectivity index (χ2v) is 9.50. The van der Waals surface area contributed by atoms with Crippen LogP contribution in [0.15, 0.2) is 60.2 Å². The molecule has 0 atom stereocenters. The fourth-order valence-electron chi connectivity index (χ4n) is 3.44. The van der Waals surface area contributed by atoms with E-state index in [0.29, 0.717) is 32.9 Å². The van der Waals surface area contributed by atoms with E-state index in [0.717, 1.165) is 22.4 Å². The van der Waals surface area contributed by atoms with Crippen molar-refractivity contribution in [2.45, 2.75) is 27.7 Å². The Kier molecular flexibility index (Phi) is 9.69. The minimum Gasteiger partial charge on any atom is -0.490 e. The summed E-state index contributed by atoms with van der Waals surface area (Å²) < 4.78 is 12.3. The second kappa shape index (κ2) is 12.9. The molecule has 0 aromatic heterocycles. The number of anilines is 2. The molecule has 0 spiro atoms. The average Bonchev–Trinajstić information content (AvgIpc) is 2.86. The van der Waals surface area contributed by atoms with Gasteiger partial charge in [-0.25, -0.2) is 0 Å². The van der Waals surface area contributed by atoms with E-state index >= 15 is 0 Å². The summed E-state index contributed by atoms with van der Waals surface area (Å²) in [6, 6.07) is 18.4. The van der Waals surface area contributed by atoms with Gasteiger partial charge in [0.05, 0.1) is 10.2 Å². The molecule has 0 unspecified atom stereocenters. The SMILES string of the molecule is CCOc1cc(/C=C(/C#N)C(=O)Nc2ccc(C)cc2)cc(I)c1OCC(=O)Nc1cccc(C)c1C. The molecule has 0 saturated carbocycles. The fourth-order valence-corrected chi connectivity index (χ4v) is 4.22. The van der Waals surface area contributed by atoms with Gasteiger partial charge in [-0.3, -0.25) is 9.59 Å². The van der Waals surface area contributed by atoms with Gasteiger partial charge in [-0.15, -0.1) is 0 Å². The number of carbonyl (C=O) groups is 2. The van der Waals surface area contributed by atoms with Crippen LogP contribution < -0.4 is 20.1 Å². The fraction of sp³-hybridized carbons (Fsp3) is 0.207. The number of carbonyl (C=O) groups excluding carboxylic acids is 2. The van der Waals surface area contributed by atoms with E-state index in [1.807, 2.05) is 64.1 Å². The van der Waals surface area contributed by atoms with Crippen LogP contribution in [0.25, 0.3) is 6.08 Å². The van der Waals surface area contributed by atoms with Gasteiger partial charge in [0.2, 0.25) is 0 Å². The molecule has 3 rings (SSSR count). The van der Waals surface area contributed by atoms with Crippen molar-refractivity contribution >= 4 is 51.9 Å². The predicted molar refractivity (Wildman–Crippen MR) is 154 cm³/mol. The predicted octanol–water partition coefficient (Wildman–Crippen LogP) is 6.18. The van der Waals surface area contributed by atoms with Crippen molar-refractivity contribution in [1.82, 2.24) is 0 Å². The van der Waals surface area contributed by atoms with Crippen molar-refractivity contribution in [3.63, 3.8) is 0 Å². The maximum absolute atomic E-state index is 12.7. The van der Waals surface area contributed by atoms with Crippen LogP contribution in [0.1, 0.15) is 29.2 Å². The zero-order chi connectivity index (χ0) is 26.9. The van der Waals surface area contributed by atoms with Crippen molar-refractivity contribution < 1.29 is 19.1 Å². The highest BCUT2D eigenvalue weighted by Crippen LogP contribution is 2.35. The van der Waals surface area contributed by atoms with Crippen LogP contribution in [-0.4, -0.2) is 25.0 Å². The molecule has 190 valence electrons. The van der Waals surface area contributed by atoms with E-state index in [9.17, 15) is 14.9 Å². The van der Waals surface area contributed by atoms with Gasteiger partial charge in [0.15, 0.2) is 18.1 Å². The summed E-state index contributed by atoms with van der Waals surface area (Å²) in [5.41, 5.74) is 5.02. The van der Waals surface area contributed by atoms with Gasteiger partial charge in [0.1, 0.15) is 11.6 Å². The molecule has 0 aliphatic carbocycles. The van der Waals surface area contributed by atoms with Crippen LogP contribution in [0.3, 0.4) is 0 Å². The van der Waals surface area contributed by atoms with E-state index < -0.39 is 5.91 Å². The number of benzene rings is 3. The quantitative estimate of drug-likeness (QED) is 0.172. The summed E-state index contributed by atoms with van der Waals surface area (Å²) in [7, 11) is 0. The lowest BCUT2D eigenvalue weighted by atomic mass is 10.1. The Morgan fingerprint density at radius 1 is 1.03 bits per heavy atom. The third kappa shape index (κ3) is 7.57. The van der Waals surface area contributed by atoms with Crippen LogP contribution >= 0.6 is 22.6 Å². The summed E-state index contributed by atoms with van der Waals surface area (Å²) in [6.45, 7) is 7.88. The average molecular weight is 609 g/mol. The Hall–Kier alpha value is -3.84. The number of aryl methyl sites for hydroxylation is 2. The lowest BCUT2D eigenvalue weighted by Crippen LogP contribution is -2.21. The van der Waals surface area contributed by atoms with Crippen molar-refractivity contribution in [3.8, 4) is 17.6 Å². The van der Waals surface area contributed by atoms with Crippen molar-refractivity contribution in [1.29, 1.82) is 5.26 Å². The van der Waals surface area contributed by atoms with E-state index in [1.54, 1.807) is 24.3 Å². The van der Waals surface area contributed by atoms with Gasteiger partial charge < -0.3 is 20.1 Å². The second-order valence-electron chi connectivity index (χ2n) is 8.34. The molecule has 2 N–H and O–H groups in total. The highest BCUT2D eigenvalue weighted by Gasteiger charge is 2.16. The number of amides is 2. The minimum absolute atomic E-state index is 0.0552. The van der Waals surface area contributed by atoms with Gasteiger partial charge in [-0.05, 0) is 103 Å². The molecule has 0 heterocycles. The van der Waals surface area contributed by atoms with Crippen LogP contribution in [0.2, 0.25) is 0 Å². The van der Waals surface area contributed by atoms with Gasteiger partial charge >= 0.3 is 0 Å². The first-order valence-electron chi connectivity index (χ1n) is 11.7. The Bertz CT molecular complexity index is 1380. The topological polar surface area (TPSA) is 100 Å². The molecular formula is C29H28IN3O4. The molecule has 3 aromatic rings. The number of ether oxygens (including phenoxy) is 2. The first kappa shape index (κ1) is 27.7. The molecule has 37 heavy (non-hydrogen) atoms. The molecule has 0 aliphatic rings. The number of nitrogens with zero attached hydrogens (tertiary/aromatic N) is 1. The first-order chi connectivity index (χ1) is 17.7. The Morgan fingerprint density at radius 3 is 2.43 bits per heavy atom. The summed E-state index contributed by atoms with van der Waals surface area (Å²) in [5, 5.41) is 15.2. The van der Waals surface area contributed by atoms with Crippen molar-refractivity contribution in [3.05, 3.63) is 86.0 Å². The van der Waals surface area contributed by atoms with Crippen LogP contribution in [0.5, 0.6) is 11.5 Å². The number of halogens is 1. The zero-order valence-electron chi connectivity index (χ0n) is 21.1. The smallest absolute Gasteiger partial charge is 0.266 e. The maximum atomic E-state index is 12.7. The summed E-state index contributed by atoms with van der Waals surface area (Å²) in [4.78, 5) is 25.2. The molecule has 0 bridgehead atoms. The number of nitrogens with one attached hydrogen (secondary N) is 2. The molecule has 0 fully saturated rings. The lowest BCUT2D eigenvalue weighted by molar-refractivity contribution is -0.118. The maximum Gasteiger partial charge on any atom is 0.266 e. The Labute approximate surface area is 230 Å². The van der Waals surface area contributed by atoms with Crippen LogP contribution in [0, 0.1) is 35.7 Å². The highest BCUT2D eigenvalue weighted by atomic mass is 127. The van der Waals surface area contributed by atoms with Gasteiger partial charge in [0, 0.05) is 11.4 Å². The molecule has 0 radical (unpaired) electrons. The highest BCUT2D eigenvalue weighted by molar-refractivity contribution is 14.1. The van der Waals surface area contributed by atoms with Gasteiger partial charge in [0.25, 0.3) is 11.8 Å². The number of rotatable bonds is 9. The third-order valence-corrected chi connectivity index (χ3v) is 6.34. The monoisotopic (exact) mass is 609 g/mol. The zero-order valence-corrected chi connectivity index (χ0v) is 23.3. The number of hydrogen-bond acceptors (Lipinski definition) is 5. The van der Waals surface area contributed by atoms with E-state index in [1.165, 1.54) is 6.08 Å². The van der Waals surface area contributed by atoms with Crippen molar-refractivity contribution in [2.75, 3.05) is 23.8 Å². The third-order valence-electron chi connectivity index (χ3n) is 5.54. The number of hydrogen-bond donors (Lipinski definition) is 2. The normalized spacial score (nSPS) is 10.9.